The molecule has 0 unspecified atom stereocenters. The SMILES string of the molecule is CN=C(C)C=NC=CC(F)(F)F. The third-order valence-electron chi connectivity index (χ3n) is 0.964. The summed E-state index contributed by atoms with van der Waals surface area (Å²) in [6, 6.07) is 0. The van der Waals surface area contributed by atoms with Crippen LogP contribution in [0.3, 0.4) is 0 Å². The molecule has 0 radical (unpaired) electrons. The fourth-order valence-electron chi connectivity index (χ4n) is 0.336. The molecular formula is C7H9F3N2. The fraction of sp³-hybridized carbons (Fsp3) is 0.429. The smallest absolute Gasteiger partial charge is 0.292 e. The van der Waals surface area contributed by atoms with Crippen LogP contribution in [0.25, 0.3) is 0 Å². The van der Waals surface area contributed by atoms with Crippen molar-refractivity contribution in [2.75, 3.05) is 7.05 Å². The molecule has 0 N–H and O–H groups in total. The van der Waals surface area contributed by atoms with Crippen molar-refractivity contribution in [3.8, 4) is 0 Å². The summed E-state index contributed by atoms with van der Waals surface area (Å²) < 4.78 is 34.4. The third kappa shape index (κ3) is 6.98. The van der Waals surface area contributed by atoms with Gasteiger partial charge in [0.2, 0.25) is 0 Å². The maximum absolute atomic E-state index is 11.5. The zero-order valence-corrected chi connectivity index (χ0v) is 6.76. The van der Waals surface area contributed by atoms with E-state index in [1.54, 1.807) is 6.92 Å². The minimum absolute atomic E-state index is 0.0619. The maximum Gasteiger partial charge on any atom is 0.411 e. The summed E-state index contributed by atoms with van der Waals surface area (Å²) in [5.41, 5.74) is 0.571. The van der Waals surface area contributed by atoms with Crippen molar-refractivity contribution in [1.82, 2.24) is 0 Å². The van der Waals surface area contributed by atoms with Crippen LogP contribution in [0.5, 0.6) is 0 Å². The van der Waals surface area contributed by atoms with Crippen molar-refractivity contribution in [2.24, 2.45) is 9.98 Å². The minimum Gasteiger partial charge on any atom is -0.292 e. The van der Waals surface area contributed by atoms with Crippen LogP contribution < -0.4 is 0 Å². The molecule has 5 heteroatoms. The molecule has 0 heterocycles. The fourth-order valence-corrected chi connectivity index (χ4v) is 0.336. The molecule has 0 saturated heterocycles. The number of nitrogens with zero attached hydrogens (tertiary/aromatic N) is 2. The molecule has 0 rings (SSSR count). The Balaban J connectivity index is 3.99. The van der Waals surface area contributed by atoms with Crippen LogP contribution in [0.1, 0.15) is 6.92 Å². The molecule has 0 aliphatic rings. The van der Waals surface area contributed by atoms with Gasteiger partial charge in [-0.25, -0.2) is 0 Å². The standard InChI is InChI=1S/C7H9F3N2/c1-6(11-2)5-12-4-3-7(8,9)10/h3-5H,1-2H3. The van der Waals surface area contributed by atoms with Gasteiger partial charge in [-0.1, -0.05) is 0 Å². The lowest BCUT2D eigenvalue weighted by Gasteiger charge is -1.94. The Bertz CT molecular complexity index is 213. The average molecular weight is 178 g/mol. The average Bonchev–Trinajstić information content (AvgIpc) is 1.96. The van der Waals surface area contributed by atoms with E-state index in [0.29, 0.717) is 11.9 Å². The lowest BCUT2D eigenvalue weighted by Crippen LogP contribution is -2.00. The normalized spacial score (nSPS) is 14.9. The Morgan fingerprint density at radius 3 is 2.33 bits per heavy atom. The zero-order chi connectivity index (χ0) is 9.61. The predicted molar refractivity (Wildman–Crippen MR) is 42.7 cm³/mol. The molecule has 0 aromatic heterocycles. The van der Waals surface area contributed by atoms with E-state index >= 15 is 0 Å². The van der Waals surface area contributed by atoms with Gasteiger partial charge in [0.1, 0.15) is 0 Å². The third-order valence-corrected chi connectivity index (χ3v) is 0.964. The van der Waals surface area contributed by atoms with Gasteiger partial charge in [0.15, 0.2) is 0 Å². The van der Waals surface area contributed by atoms with Crippen molar-refractivity contribution in [1.29, 1.82) is 0 Å². The molecule has 0 aromatic carbocycles. The van der Waals surface area contributed by atoms with Crippen LogP contribution in [0.2, 0.25) is 0 Å². The molecule has 0 fully saturated rings. The maximum atomic E-state index is 11.5. The molecule has 0 bridgehead atoms. The van der Waals surface area contributed by atoms with E-state index in [2.05, 4.69) is 9.98 Å². The topological polar surface area (TPSA) is 24.7 Å². The summed E-state index contributed by atoms with van der Waals surface area (Å²) in [5, 5.41) is 0. The minimum atomic E-state index is -4.30. The first-order valence-corrected chi connectivity index (χ1v) is 3.16. The quantitative estimate of drug-likeness (QED) is 0.579. The first-order chi connectivity index (χ1) is 5.45. The van der Waals surface area contributed by atoms with Gasteiger partial charge in [0.05, 0.1) is 0 Å². The monoisotopic (exact) mass is 178 g/mol. The van der Waals surface area contributed by atoms with Crippen molar-refractivity contribution in [2.45, 2.75) is 13.1 Å². The number of hydrogen-bond donors (Lipinski definition) is 0. The Morgan fingerprint density at radius 1 is 1.33 bits per heavy atom. The summed E-state index contributed by atoms with van der Waals surface area (Å²) in [7, 11) is 1.54. The second-order valence-electron chi connectivity index (χ2n) is 2.00. The summed E-state index contributed by atoms with van der Waals surface area (Å²) in [4.78, 5) is 7.05. The summed E-state index contributed by atoms with van der Waals surface area (Å²) >= 11 is 0. The summed E-state index contributed by atoms with van der Waals surface area (Å²) in [6.07, 6.45) is -2.29. The van der Waals surface area contributed by atoms with Crippen LogP contribution in [0, 0.1) is 0 Å². The molecule has 0 saturated carbocycles. The van der Waals surface area contributed by atoms with E-state index in [1.807, 2.05) is 0 Å². The van der Waals surface area contributed by atoms with Gasteiger partial charge in [-0.2, -0.15) is 13.2 Å². The van der Waals surface area contributed by atoms with E-state index < -0.39 is 6.18 Å². The number of halogens is 3. The van der Waals surface area contributed by atoms with Gasteiger partial charge in [0, 0.05) is 31.2 Å². The molecule has 0 spiro atoms. The molecule has 0 aliphatic heterocycles. The molecule has 68 valence electrons. The lowest BCUT2D eigenvalue weighted by molar-refractivity contribution is -0.0799. The number of rotatable bonds is 2. The highest BCUT2D eigenvalue weighted by Gasteiger charge is 2.21. The van der Waals surface area contributed by atoms with E-state index in [1.165, 1.54) is 13.3 Å². The number of aliphatic imine (C=N–C) groups is 2. The second-order valence-corrected chi connectivity index (χ2v) is 2.00. The molecule has 0 aliphatic carbocycles. The van der Waals surface area contributed by atoms with Gasteiger partial charge < -0.3 is 0 Å². The van der Waals surface area contributed by atoms with Crippen molar-refractivity contribution in [3.05, 3.63) is 12.3 Å². The summed E-state index contributed by atoms with van der Waals surface area (Å²) in [5.74, 6) is 0. The molecule has 0 atom stereocenters. The van der Waals surface area contributed by atoms with E-state index in [-0.39, 0.29) is 6.08 Å². The second kappa shape index (κ2) is 4.69. The Labute approximate surface area is 68.5 Å². The molecule has 2 nitrogen and oxygen atoms in total. The highest BCUT2D eigenvalue weighted by Crippen LogP contribution is 2.15. The van der Waals surface area contributed by atoms with Gasteiger partial charge in [-0.05, 0) is 6.92 Å². The first-order valence-electron chi connectivity index (χ1n) is 3.16. The Kier molecular flexibility index (Phi) is 4.25. The van der Waals surface area contributed by atoms with E-state index in [9.17, 15) is 13.2 Å². The zero-order valence-electron chi connectivity index (χ0n) is 6.76. The van der Waals surface area contributed by atoms with Crippen LogP contribution >= 0.6 is 0 Å². The predicted octanol–water partition coefficient (Wildman–Crippen LogP) is 2.22. The van der Waals surface area contributed by atoms with Crippen LogP contribution in [0.4, 0.5) is 13.2 Å². The van der Waals surface area contributed by atoms with Gasteiger partial charge in [-0.3, -0.25) is 9.98 Å². The van der Waals surface area contributed by atoms with Crippen LogP contribution in [0.15, 0.2) is 22.3 Å². The van der Waals surface area contributed by atoms with Gasteiger partial charge in [-0.15, -0.1) is 0 Å². The van der Waals surface area contributed by atoms with E-state index in [4.69, 9.17) is 0 Å². The molecule has 0 aromatic rings. The van der Waals surface area contributed by atoms with Crippen LogP contribution in [-0.2, 0) is 0 Å². The Morgan fingerprint density at radius 2 is 1.92 bits per heavy atom. The number of allylic oxidation sites excluding steroid dienone is 1. The van der Waals surface area contributed by atoms with Crippen molar-refractivity contribution >= 4 is 11.9 Å². The highest BCUT2D eigenvalue weighted by molar-refractivity contribution is 6.29. The number of hydrogen-bond acceptors (Lipinski definition) is 2. The molecule has 0 amide bonds. The largest absolute Gasteiger partial charge is 0.411 e. The first kappa shape index (κ1) is 10.9. The number of alkyl halides is 3. The van der Waals surface area contributed by atoms with Crippen LogP contribution in [-0.4, -0.2) is 25.2 Å². The van der Waals surface area contributed by atoms with Gasteiger partial charge >= 0.3 is 6.18 Å². The van der Waals surface area contributed by atoms with Crippen molar-refractivity contribution in [3.63, 3.8) is 0 Å². The lowest BCUT2D eigenvalue weighted by atomic mass is 10.5. The van der Waals surface area contributed by atoms with Gasteiger partial charge in [0.25, 0.3) is 0 Å². The Hall–Kier alpha value is -1.13. The molecule has 12 heavy (non-hydrogen) atoms. The summed E-state index contributed by atoms with van der Waals surface area (Å²) in [6.45, 7) is 1.64. The molecular weight excluding hydrogens is 169 g/mol. The highest BCUT2D eigenvalue weighted by atomic mass is 19.4. The van der Waals surface area contributed by atoms with Crippen molar-refractivity contribution < 1.29 is 13.2 Å². The van der Waals surface area contributed by atoms with E-state index in [0.717, 1.165) is 0 Å².